The summed E-state index contributed by atoms with van der Waals surface area (Å²) in [5.74, 6) is -1.47. The third kappa shape index (κ3) is 4.37. The summed E-state index contributed by atoms with van der Waals surface area (Å²) in [6, 6.07) is 3.33. The summed E-state index contributed by atoms with van der Waals surface area (Å²) in [6.07, 6.45) is 1.40. The average Bonchev–Trinajstić information content (AvgIpc) is 2.59. The second kappa shape index (κ2) is 9.39. The van der Waals surface area contributed by atoms with Gasteiger partial charge in [0.25, 0.3) is 0 Å². The number of methoxy groups -OCH3 is 4. The topological polar surface area (TPSA) is 71.1 Å². The number of ether oxygens (including phenoxy) is 4. The maximum atomic E-state index is 12.1. The first-order valence-electron chi connectivity index (χ1n) is 7.01. The van der Waals surface area contributed by atoms with Crippen LogP contribution >= 0.6 is 15.9 Å². The number of carbonyl (C=O) groups excluding carboxylic acids is 2. The summed E-state index contributed by atoms with van der Waals surface area (Å²) in [5, 5.41) is 0.772. The summed E-state index contributed by atoms with van der Waals surface area (Å²) in [6.45, 7) is 0. The Labute approximate surface area is 144 Å². The molecule has 0 fully saturated rings. The molecule has 0 amide bonds. The van der Waals surface area contributed by atoms with Crippen LogP contribution < -0.4 is 9.47 Å². The van der Waals surface area contributed by atoms with Crippen molar-refractivity contribution < 1.29 is 28.5 Å². The van der Waals surface area contributed by atoms with Crippen molar-refractivity contribution in [2.75, 3.05) is 33.8 Å². The number of halogens is 1. The van der Waals surface area contributed by atoms with Crippen molar-refractivity contribution in [2.24, 2.45) is 0 Å². The van der Waals surface area contributed by atoms with Crippen LogP contribution in [0.2, 0.25) is 0 Å². The minimum absolute atomic E-state index is 0.502. The number of esters is 2. The molecule has 0 aliphatic carbocycles. The third-order valence-corrected chi connectivity index (χ3v) is 3.99. The molecule has 0 saturated carbocycles. The molecule has 0 N–H and O–H groups in total. The third-order valence-electron chi connectivity index (χ3n) is 3.43. The first kappa shape index (κ1) is 19.3. The summed E-state index contributed by atoms with van der Waals surface area (Å²) in [4.78, 5) is 24.2. The summed E-state index contributed by atoms with van der Waals surface area (Å²) in [5.41, 5.74) is 1.23. The number of rotatable bonds is 8. The molecule has 1 aromatic rings. The van der Waals surface area contributed by atoms with Crippen LogP contribution in [0.3, 0.4) is 0 Å². The Hall–Kier alpha value is -1.76. The molecule has 1 rings (SSSR count). The largest absolute Gasteiger partial charge is 0.493 e. The number of alkyl halides is 1. The van der Waals surface area contributed by atoms with E-state index in [0.717, 1.165) is 17.3 Å². The fourth-order valence-corrected chi connectivity index (χ4v) is 2.64. The van der Waals surface area contributed by atoms with Crippen molar-refractivity contribution in [1.29, 1.82) is 0 Å². The molecular weight excluding hydrogens is 368 g/mol. The molecule has 0 heterocycles. The molecule has 1 aromatic carbocycles. The first-order valence-corrected chi connectivity index (χ1v) is 8.13. The molecule has 0 bridgehead atoms. The predicted octanol–water partition coefficient (Wildman–Crippen LogP) is 2.46. The van der Waals surface area contributed by atoms with Gasteiger partial charge in [-0.1, -0.05) is 22.0 Å². The summed E-state index contributed by atoms with van der Waals surface area (Å²) >= 11 is 3.38. The van der Waals surface area contributed by atoms with Crippen LogP contribution in [0.1, 0.15) is 23.5 Å². The fourth-order valence-electron chi connectivity index (χ4n) is 2.36. The molecule has 0 aromatic heterocycles. The normalized spacial score (nSPS) is 10.3. The number of hydrogen-bond donors (Lipinski definition) is 0. The number of benzene rings is 1. The summed E-state index contributed by atoms with van der Waals surface area (Å²) < 4.78 is 20.3. The predicted molar refractivity (Wildman–Crippen MR) is 88.4 cm³/mol. The Morgan fingerprint density at radius 2 is 1.65 bits per heavy atom. The van der Waals surface area contributed by atoms with Crippen LogP contribution in [0.5, 0.6) is 11.5 Å². The lowest BCUT2D eigenvalue weighted by molar-refractivity contribution is -0.154. The van der Waals surface area contributed by atoms with Crippen LogP contribution in [0.15, 0.2) is 12.1 Å². The number of carbonyl (C=O) groups is 2. The van der Waals surface area contributed by atoms with Gasteiger partial charge in [-0.05, 0) is 24.5 Å². The van der Waals surface area contributed by atoms with Gasteiger partial charge in [0.1, 0.15) is 0 Å². The van der Waals surface area contributed by atoms with Crippen LogP contribution in [0.4, 0.5) is 0 Å². The van der Waals surface area contributed by atoms with Crippen LogP contribution in [0.25, 0.3) is 0 Å². The monoisotopic (exact) mass is 388 g/mol. The van der Waals surface area contributed by atoms with Crippen molar-refractivity contribution >= 4 is 27.9 Å². The van der Waals surface area contributed by atoms with E-state index in [1.165, 1.54) is 28.4 Å². The zero-order valence-corrected chi connectivity index (χ0v) is 15.3. The minimum atomic E-state index is -1.16. The van der Waals surface area contributed by atoms with Crippen molar-refractivity contribution in [3.8, 4) is 11.5 Å². The highest BCUT2D eigenvalue weighted by Gasteiger charge is 2.34. The molecule has 128 valence electrons. The molecule has 7 heteroatoms. The highest BCUT2D eigenvalue weighted by Crippen LogP contribution is 2.38. The van der Waals surface area contributed by atoms with Gasteiger partial charge in [0.15, 0.2) is 17.4 Å². The van der Waals surface area contributed by atoms with E-state index in [1.807, 2.05) is 0 Å². The molecule has 0 aliphatic heterocycles. The van der Waals surface area contributed by atoms with Crippen molar-refractivity contribution in [1.82, 2.24) is 0 Å². The zero-order valence-electron chi connectivity index (χ0n) is 13.7. The van der Waals surface area contributed by atoms with Gasteiger partial charge >= 0.3 is 11.9 Å². The van der Waals surface area contributed by atoms with Crippen molar-refractivity contribution in [3.05, 3.63) is 23.3 Å². The van der Waals surface area contributed by atoms with Gasteiger partial charge in [-0.15, -0.1) is 0 Å². The second-order valence-electron chi connectivity index (χ2n) is 4.64. The van der Waals surface area contributed by atoms with E-state index in [0.29, 0.717) is 23.5 Å². The maximum absolute atomic E-state index is 12.1. The van der Waals surface area contributed by atoms with Gasteiger partial charge in [-0.25, -0.2) is 0 Å². The average molecular weight is 389 g/mol. The van der Waals surface area contributed by atoms with Crippen LogP contribution in [0, 0.1) is 0 Å². The summed E-state index contributed by atoms with van der Waals surface area (Å²) in [7, 11) is 5.52. The molecular formula is C16H21BrO6. The van der Waals surface area contributed by atoms with Gasteiger partial charge in [0, 0.05) is 10.9 Å². The van der Waals surface area contributed by atoms with E-state index >= 15 is 0 Å². The van der Waals surface area contributed by atoms with E-state index in [4.69, 9.17) is 18.9 Å². The van der Waals surface area contributed by atoms with Gasteiger partial charge in [0.05, 0.1) is 28.4 Å². The van der Waals surface area contributed by atoms with E-state index in [2.05, 4.69) is 15.9 Å². The number of hydrogen-bond acceptors (Lipinski definition) is 6. The highest BCUT2D eigenvalue weighted by molar-refractivity contribution is 9.09. The van der Waals surface area contributed by atoms with Gasteiger partial charge in [-0.3, -0.25) is 9.59 Å². The quantitative estimate of drug-likeness (QED) is 0.387. The maximum Gasteiger partial charge on any atom is 0.324 e. The Balaban J connectivity index is 3.52. The second-order valence-corrected chi connectivity index (χ2v) is 5.43. The lowest BCUT2D eigenvalue weighted by Gasteiger charge is -2.20. The van der Waals surface area contributed by atoms with E-state index < -0.39 is 17.9 Å². The Bertz CT molecular complexity index is 542. The van der Waals surface area contributed by atoms with E-state index in [-0.39, 0.29) is 0 Å². The van der Waals surface area contributed by atoms with Crippen LogP contribution in [-0.2, 0) is 25.5 Å². The fraction of sp³-hybridized carbons (Fsp3) is 0.500. The Morgan fingerprint density at radius 1 is 1.04 bits per heavy atom. The molecule has 6 nitrogen and oxygen atoms in total. The van der Waals surface area contributed by atoms with E-state index in [1.54, 1.807) is 12.1 Å². The van der Waals surface area contributed by atoms with Gasteiger partial charge < -0.3 is 18.9 Å². The van der Waals surface area contributed by atoms with E-state index in [9.17, 15) is 9.59 Å². The van der Waals surface area contributed by atoms with Gasteiger partial charge in [-0.2, -0.15) is 0 Å². The van der Waals surface area contributed by atoms with Crippen LogP contribution in [-0.4, -0.2) is 45.7 Å². The molecule has 0 radical (unpaired) electrons. The molecule has 0 unspecified atom stereocenters. The van der Waals surface area contributed by atoms with Crippen molar-refractivity contribution in [3.63, 3.8) is 0 Å². The lowest BCUT2D eigenvalue weighted by Crippen LogP contribution is -2.25. The zero-order chi connectivity index (χ0) is 17.4. The molecule has 0 atom stereocenters. The standard InChI is InChI=1S/C16H21BrO6/c1-20-12-8-7-10(11(6-5-9-17)14(12)21-2)13(15(18)22-3)16(19)23-4/h7-8,13H,5-6,9H2,1-4H3. The minimum Gasteiger partial charge on any atom is -0.493 e. The lowest BCUT2D eigenvalue weighted by atomic mass is 9.91. The molecule has 0 saturated heterocycles. The SMILES string of the molecule is COC(=O)C(C(=O)OC)c1ccc(OC)c(OC)c1CCCBr. The molecule has 0 spiro atoms. The first-order chi connectivity index (χ1) is 11.0. The molecule has 0 aliphatic rings. The molecule has 23 heavy (non-hydrogen) atoms. The highest BCUT2D eigenvalue weighted by atomic mass is 79.9. The Kier molecular flexibility index (Phi) is 7.88. The smallest absolute Gasteiger partial charge is 0.324 e. The van der Waals surface area contributed by atoms with Crippen molar-refractivity contribution in [2.45, 2.75) is 18.8 Å². The Morgan fingerprint density at radius 3 is 2.09 bits per heavy atom. The van der Waals surface area contributed by atoms with Gasteiger partial charge in [0.2, 0.25) is 0 Å².